The topological polar surface area (TPSA) is 103 Å². The summed E-state index contributed by atoms with van der Waals surface area (Å²) in [5, 5.41) is 12.2. The molecule has 0 spiro atoms. The average molecular weight is 361 g/mol. The van der Waals surface area contributed by atoms with Gasteiger partial charge in [0.25, 0.3) is 5.91 Å². The maximum absolute atomic E-state index is 12.0. The van der Waals surface area contributed by atoms with E-state index < -0.39 is 18.5 Å². The van der Waals surface area contributed by atoms with E-state index in [-0.39, 0.29) is 11.3 Å². The first-order valence-electron chi connectivity index (χ1n) is 7.55. The number of hydrogen-bond acceptors (Lipinski definition) is 7. The van der Waals surface area contributed by atoms with E-state index in [4.69, 9.17) is 18.9 Å². The Morgan fingerprint density at radius 1 is 1.00 bits per heavy atom. The Kier molecular flexibility index (Phi) is 6.26. The third kappa shape index (κ3) is 4.35. The molecule has 0 saturated heterocycles. The fraction of sp³-hybridized carbons (Fsp3) is 0.222. The molecule has 0 bridgehead atoms. The van der Waals surface area contributed by atoms with Crippen molar-refractivity contribution in [3.63, 3.8) is 0 Å². The molecule has 0 aliphatic carbocycles. The first kappa shape index (κ1) is 18.9. The van der Waals surface area contributed by atoms with Crippen molar-refractivity contribution >= 4 is 17.6 Å². The number of phenolic OH excluding ortho intramolecular Hbond substituents is 1. The van der Waals surface area contributed by atoms with Gasteiger partial charge >= 0.3 is 5.97 Å². The molecule has 2 rings (SSSR count). The first-order valence-corrected chi connectivity index (χ1v) is 7.55. The Bertz CT molecular complexity index is 779. The van der Waals surface area contributed by atoms with Crippen LogP contribution in [-0.4, -0.2) is 44.9 Å². The summed E-state index contributed by atoms with van der Waals surface area (Å²) in [6.45, 7) is -0.524. The number of aromatic hydroxyl groups is 1. The SMILES string of the molecule is COc1cc(NC(=O)COC(=O)c2ccccc2O)cc(OC)c1OC. The van der Waals surface area contributed by atoms with Gasteiger partial charge in [0, 0.05) is 17.8 Å². The molecule has 0 saturated carbocycles. The van der Waals surface area contributed by atoms with Gasteiger partial charge < -0.3 is 29.4 Å². The minimum Gasteiger partial charge on any atom is -0.507 e. The molecule has 0 heterocycles. The average Bonchev–Trinajstić information content (AvgIpc) is 2.65. The van der Waals surface area contributed by atoms with Crippen LogP contribution in [0.15, 0.2) is 36.4 Å². The molecule has 0 fully saturated rings. The highest BCUT2D eigenvalue weighted by molar-refractivity contribution is 5.97. The molecule has 138 valence electrons. The van der Waals surface area contributed by atoms with Crippen LogP contribution >= 0.6 is 0 Å². The van der Waals surface area contributed by atoms with E-state index in [9.17, 15) is 14.7 Å². The molecule has 0 atom stereocenters. The Morgan fingerprint density at radius 2 is 1.62 bits per heavy atom. The second-order valence-corrected chi connectivity index (χ2v) is 5.06. The van der Waals surface area contributed by atoms with Gasteiger partial charge in [-0.1, -0.05) is 12.1 Å². The number of methoxy groups -OCH3 is 3. The number of nitrogens with one attached hydrogen (secondary N) is 1. The largest absolute Gasteiger partial charge is 0.507 e. The molecular formula is C18H19NO7. The number of para-hydroxylation sites is 1. The van der Waals surface area contributed by atoms with E-state index >= 15 is 0 Å². The van der Waals surface area contributed by atoms with Crippen molar-refractivity contribution < 1.29 is 33.6 Å². The normalized spacial score (nSPS) is 9.96. The molecule has 2 aromatic carbocycles. The second kappa shape index (κ2) is 8.61. The van der Waals surface area contributed by atoms with Crippen LogP contribution in [0.5, 0.6) is 23.0 Å². The molecule has 1 amide bonds. The predicted molar refractivity (Wildman–Crippen MR) is 93.1 cm³/mol. The van der Waals surface area contributed by atoms with E-state index in [1.807, 2.05) is 0 Å². The summed E-state index contributed by atoms with van der Waals surface area (Å²) in [5.74, 6) is -0.464. The van der Waals surface area contributed by atoms with Crippen molar-refractivity contribution in [2.45, 2.75) is 0 Å². The van der Waals surface area contributed by atoms with Crippen molar-refractivity contribution in [3.8, 4) is 23.0 Å². The van der Waals surface area contributed by atoms with Crippen LogP contribution in [-0.2, 0) is 9.53 Å². The quantitative estimate of drug-likeness (QED) is 0.729. The third-order valence-corrected chi connectivity index (χ3v) is 3.41. The van der Waals surface area contributed by atoms with Gasteiger partial charge in [-0.25, -0.2) is 4.79 Å². The molecule has 2 aromatic rings. The number of rotatable bonds is 7. The molecule has 0 aliphatic rings. The monoisotopic (exact) mass is 361 g/mol. The molecule has 0 unspecified atom stereocenters. The number of anilines is 1. The number of amides is 1. The lowest BCUT2D eigenvalue weighted by Crippen LogP contribution is -2.21. The number of ether oxygens (including phenoxy) is 4. The van der Waals surface area contributed by atoms with Crippen molar-refractivity contribution in [1.82, 2.24) is 0 Å². The van der Waals surface area contributed by atoms with Gasteiger partial charge in [-0.15, -0.1) is 0 Å². The lowest BCUT2D eigenvalue weighted by atomic mass is 10.2. The number of benzene rings is 2. The van der Waals surface area contributed by atoms with E-state index in [1.54, 1.807) is 24.3 Å². The zero-order valence-electron chi connectivity index (χ0n) is 14.6. The molecular weight excluding hydrogens is 342 g/mol. The summed E-state index contributed by atoms with van der Waals surface area (Å²) in [6, 6.07) is 8.99. The van der Waals surface area contributed by atoms with E-state index in [0.29, 0.717) is 22.9 Å². The van der Waals surface area contributed by atoms with Crippen molar-refractivity contribution in [2.24, 2.45) is 0 Å². The number of carbonyl (C=O) groups excluding carboxylic acids is 2. The summed E-state index contributed by atoms with van der Waals surface area (Å²) < 4.78 is 20.5. The Labute approximate surface area is 150 Å². The van der Waals surface area contributed by atoms with Crippen LogP contribution in [0.2, 0.25) is 0 Å². The number of hydrogen-bond donors (Lipinski definition) is 2. The number of phenols is 1. The Balaban J connectivity index is 2.04. The predicted octanol–water partition coefficient (Wildman–Crippen LogP) is 2.21. The van der Waals surface area contributed by atoms with Crippen LogP contribution < -0.4 is 19.5 Å². The standard InChI is InChI=1S/C18H19NO7/c1-23-14-8-11(9-15(24-2)17(14)25-3)19-16(21)10-26-18(22)12-6-4-5-7-13(12)20/h4-9,20H,10H2,1-3H3,(H,19,21). The zero-order chi connectivity index (χ0) is 19.1. The molecule has 8 nitrogen and oxygen atoms in total. The van der Waals surface area contributed by atoms with Gasteiger partial charge in [-0.05, 0) is 12.1 Å². The van der Waals surface area contributed by atoms with Crippen LogP contribution in [0.4, 0.5) is 5.69 Å². The highest BCUT2D eigenvalue weighted by Crippen LogP contribution is 2.39. The van der Waals surface area contributed by atoms with Crippen molar-refractivity contribution in [2.75, 3.05) is 33.3 Å². The summed E-state index contributed by atoms with van der Waals surface area (Å²) in [7, 11) is 4.38. The van der Waals surface area contributed by atoms with Crippen molar-refractivity contribution in [1.29, 1.82) is 0 Å². The van der Waals surface area contributed by atoms with Crippen LogP contribution in [0.25, 0.3) is 0 Å². The van der Waals surface area contributed by atoms with Gasteiger partial charge in [-0.2, -0.15) is 0 Å². The molecule has 8 heteroatoms. The van der Waals surface area contributed by atoms with Gasteiger partial charge in [-0.3, -0.25) is 4.79 Å². The molecule has 0 aliphatic heterocycles. The Morgan fingerprint density at radius 3 is 2.15 bits per heavy atom. The number of esters is 1. The first-order chi connectivity index (χ1) is 12.5. The molecule has 0 radical (unpaired) electrons. The van der Waals surface area contributed by atoms with Crippen LogP contribution in [0.3, 0.4) is 0 Å². The minimum absolute atomic E-state index is 0.0203. The van der Waals surface area contributed by atoms with E-state index in [0.717, 1.165) is 0 Å². The number of carbonyl (C=O) groups is 2. The van der Waals surface area contributed by atoms with Crippen molar-refractivity contribution in [3.05, 3.63) is 42.0 Å². The Hall–Kier alpha value is -3.42. The summed E-state index contributed by atoms with van der Waals surface area (Å²) >= 11 is 0. The second-order valence-electron chi connectivity index (χ2n) is 5.06. The summed E-state index contributed by atoms with van der Waals surface area (Å²) in [6.07, 6.45) is 0. The molecule has 26 heavy (non-hydrogen) atoms. The van der Waals surface area contributed by atoms with Gasteiger partial charge in [0.1, 0.15) is 11.3 Å². The van der Waals surface area contributed by atoms with E-state index in [2.05, 4.69) is 5.32 Å². The fourth-order valence-electron chi connectivity index (χ4n) is 2.21. The lowest BCUT2D eigenvalue weighted by Gasteiger charge is -2.14. The van der Waals surface area contributed by atoms with Crippen LogP contribution in [0, 0.1) is 0 Å². The summed E-state index contributed by atoms with van der Waals surface area (Å²) in [5.41, 5.74) is 0.358. The fourth-order valence-corrected chi connectivity index (χ4v) is 2.21. The van der Waals surface area contributed by atoms with Gasteiger partial charge in [0.05, 0.1) is 21.3 Å². The molecule has 2 N–H and O–H groups in total. The third-order valence-electron chi connectivity index (χ3n) is 3.41. The van der Waals surface area contributed by atoms with Gasteiger partial charge in [0.2, 0.25) is 5.75 Å². The lowest BCUT2D eigenvalue weighted by molar-refractivity contribution is -0.119. The highest BCUT2D eigenvalue weighted by atomic mass is 16.5. The maximum Gasteiger partial charge on any atom is 0.342 e. The highest BCUT2D eigenvalue weighted by Gasteiger charge is 2.16. The minimum atomic E-state index is -0.803. The zero-order valence-corrected chi connectivity index (χ0v) is 14.6. The van der Waals surface area contributed by atoms with Crippen LogP contribution in [0.1, 0.15) is 10.4 Å². The molecule has 0 aromatic heterocycles. The van der Waals surface area contributed by atoms with E-state index in [1.165, 1.54) is 33.5 Å². The smallest absolute Gasteiger partial charge is 0.342 e. The summed E-state index contributed by atoms with van der Waals surface area (Å²) in [4.78, 5) is 23.9. The van der Waals surface area contributed by atoms with Gasteiger partial charge in [0.15, 0.2) is 18.1 Å². The maximum atomic E-state index is 12.0.